The average molecular weight is 332 g/mol. The predicted octanol–water partition coefficient (Wildman–Crippen LogP) is 3.91. The SMILES string of the molecule is CC(C)c1ccc(/C=C/C(=O)NNc2ncnc3ccccc23)cc1. The summed E-state index contributed by atoms with van der Waals surface area (Å²) in [7, 11) is 0. The van der Waals surface area contributed by atoms with Crippen molar-refractivity contribution in [1.82, 2.24) is 15.4 Å². The van der Waals surface area contributed by atoms with Crippen LogP contribution in [-0.2, 0) is 4.79 Å². The van der Waals surface area contributed by atoms with Crippen LogP contribution in [0, 0.1) is 0 Å². The van der Waals surface area contributed by atoms with Crippen molar-refractivity contribution in [3.05, 3.63) is 72.1 Å². The van der Waals surface area contributed by atoms with E-state index in [0.717, 1.165) is 16.5 Å². The van der Waals surface area contributed by atoms with Gasteiger partial charge in [0.1, 0.15) is 6.33 Å². The molecule has 0 aliphatic rings. The van der Waals surface area contributed by atoms with Gasteiger partial charge in [0, 0.05) is 11.5 Å². The highest BCUT2D eigenvalue weighted by Gasteiger charge is 2.03. The molecule has 0 atom stereocenters. The van der Waals surface area contributed by atoms with Gasteiger partial charge < -0.3 is 0 Å². The molecule has 0 unspecified atom stereocenters. The van der Waals surface area contributed by atoms with Crippen molar-refractivity contribution in [1.29, 1.82) is 0 Å². The molecule has 0 bridgehead atoms. The van der Waals surface area contributed by atoms with Gasteiger partial charge in [0.05, 0.1) is 5.52 Å². The van der Waals surface area contributed by atoms with Crippen molar-refractivity contribution in [2.75, 3.05) is 5.43 Å². The highest BCUT2D eigenvalue weighted by molar-refractivity contribution is 5.94. The molecule has 0 aliphatic heterocycles. The Morgan fingerprint density at radius 1 is 1.04 bits per heavy atom. The van der Waals surface area contributed by atoms with E-state index in [1.807, 2.05) is 36.4 Å². The van der Waals surface area contributed by atoms with Gasteiger partial charge in [-0.25, -0.2) is 9.97 Å². The zero-order valence-corrected chi connectivity index (χ0v) is 14.2. The number of benzene rings is 2. The van der Waals surface area contributed by atoms with E-state index in [2.05, 4.69) is 46.8 Å². The summed E-state index contributed by atoms with van der Waals surface area (Å²) in [5, 5.41) is 0.846. The smallest absolute Gasteiger partial charge is 0.262 e. The summed E-state index contributed by atoms with van der Waals surface area (Å²) < 4.78 is 0. The number of rotatable bonds is 5. The maximum atomic E-state index is 12.0. The second-order valence-corrected chi connectivity index (χ2v) is 6.01. The van der Waals surface area contributed by atoms with Gasteiger partial charge in [-0.2, -0.15) is 0 Å². The zero-order valence-electron chi connectivity index (χ0n) is 14.2. The molecule has 0 radical (unpaired) electrons. The summed E-state index contributed by atoms with van der Waals surface area (Å²) in [5.41, 5.74) is 8.54. The van der Waals surface area contributed by atoms with Crippen LogP contribution >= 0.6 is 0 Å². The minimum absolute atomic E-state index is 0.254. The van der Waals surface area contributed by atoms with Gasteiger partial charge in [-0.05, 0) is 35.3 Å². The Kier molecular flexibility index (Phi) is 5.04. The van der Waals surface area contributed by atoms with Crippen molar-refractivity contribution < 1.29 is 4.79 Å². The lowest BCUT2D eigenvalue weighted by Crippen LogP contribution is -2.28. The molecule has 3 aromatic rings. The van der Waals surface area contributed by atoms with E-state index < -0.39 is 0 Å². The van der Waals surface area contributed by atoms with E-state index in [9.17, 15) is 4.79 Å². The molecule has 1 aromatic heterocycles. The number of fused-ring (bicyclic) bond motifs is 1. The number of nitrogens with zero attached hydrogens (tertiary/aromatic N) is 2. The Balaban J connectivity index is 1.62. The van der Waals surface area contributed by atoms with E-state index >= 15 is 0 Å². The fraction of sp³-hybridized carbons (Fsp3) is 0.150. The summed E-state index contributed by atoms with van der Waals surface area (Å²) in [6, 6.07) is 15.8. The maximum Gasteiger partial charge on any atom is 0.262 e. The van der Waals surface area contributed by atoms with Crippen molar-refractivity contribution in [3.63, 3.8) is 0 Å². The number of carbonyl (C=O) groups is 1. The van der Waals surface area contributed by atoms with Crippen LogP contribution in [0.2, 0.25) is 0 Å². The monoisotopic (exact) mass is 332 g/mol. The predicted molar refractivity (Wildman–Crippen MR) is 101 cm³/mol. The molecule has 0 fully saturated rings. The summed E-state index contributed by atoms with van der Waals surface area (Å²) in [5.74, 6) is 0.803. The van der Waals surface area contributed by atoms with E-state index in [1.54, 1.807) is 6.08 Å². The molecule has 0 saturated heterocycles. The van der Waals surface area contributed by atoms with Crippen LogP contribution < -0.4 is 10.9 Å². The topological polar surface area (TPSA) is 66.9 Å². The second-order valence-electron chi connectivity index (χ2n) is 6.01. The van der Waals surface area contributed by atoms with E-state index in [-0.39, 0.29) is 5.91 Å². The van der Waals surface area contributed by atoms with Gasteiger partial charge >= 0.3 is 0 Å². The molecule has 5 heteroatoms. The number of aromatic nitrogens is 2. The molecule has 1 heterocycles. The Morgan fingerprint density at radius 2 is 1.80 bits per heavy atom. The maximum absolute atomic E-state index is 12.0. The number of hydrogen-bond acceptors (Lipinski definition) is 4. The lowest BCUT2D eigenvalue weighted by atomic mass is 10.0. The summed E-state index contributed by atoms with van der Waals surface area (Å²) in [6.45, 7) is 4.31. The van der Waals surface area contributed by atoms with Gasteiger partial charge in [0.15, 0.2) is 5.82 Å². The highest BCUT2D eigenvalue weighted by Crippen LogP contribution is 2.17. The van der Waals surface area contributed by atoms with Crippen molar-refractivity contribution in [3.8, 4) is 0 Å². The van der Waals surface area contributed by atoms with E-state index in [0.29, 0.717) is 11.7 Å². The molecular weight excluding hydrogens is 312 g/mol. The van der Waals surface area contributed by atoms with Crippen molar-refractivity contribution in [2.24, 2.45) is 0 Å². The number of amides is 1. The molecule has 25 heavy (non-hydrogen) atoms. The first-order valence-electron chi connectivity index (χ1n) is 8.17. The van der Waals surface area contributed by atoms with Crippen molar-refractivity contribution >= 4 is 28.7 Å². The van der Waals surface area contributed by atoms with E-state index in [1.165, 1.54) is 18.0 Å². The summed E-state index contributed by atoms with van der Waals surface area (Å²) in [6.07, 6.45) is 4.73. The molecule has 5 nitrogen and oxygen atoms in total. The molecule has 2 N–H and O–H groups in total. The molecule has 3 rings (SSSR count). The third-order valence-electron chi connectivity index (χ3n) is 3.88. The number of anilines is 1. The lowest BCUT2D eigenvalue weighted by Gasteiger charge is -2.08. The van der Waals surface area contributed by atoms with Crippen molar-refractivity contribution in [2.45, 2.75) is 19.8 Å². The Morgan fingerprint density at radius 3 is 2.56 bits per heavy atom. The Labute approximate surface area is 146 Å². The van der Waals surface area contributed by atoms with Crippen LogP contribution in [0.15, 0.2) is 60.9 Å². The van der Waals surface area contributed by atoms with Crippen LogP contribution in [0.25, 0.3) is 17.0 Å². The molecule has 0 saturated carbocycles. The number of carbonyl (C=O) groups excluding carboxylic acids is 1. The number of para-hydroxylation sites is 1. The minimum atomic E-state index is -0.254. The lowest BCUT2D eigenvalue weighted by molar-refractivity contribution is -0.116. The van der Waals surface area contributed by atoms with Crippen LogP contribution in [0.4, 0.5) is 5.82 Å². The van der Waals surface area contributed by atoms with Gasteiger partial charge in [0.25, 0.3) is 5.91 Å². The van der Waals surface area contributed by atoms with Gasteiger partial charge in [-0.3, -0.25) is 15.6 Å². The first-order chi connectivity index (χ1) is 12.1. The number of hydrogen-bond donors (Lipinski definition) is 2. The average Bonchev–Trinajstić information content (AvgIpc) is 2.65. The van der Waals surface area contributed by atoms with Gasteiger partial charge in [0.2, 0.25) is 0 Å². The molecule has 126 valence electrons. The first kappa shape index (κ1) is 16.6. The summed E-state index contributed by atoms with van der Waals surface area (Å²) in [4.78, 5) is 20.3. The van der Waals surface area contributed by atoms with Gasteiger partial charge in [-0.1, -0.05) is 50.2 Å². The van der Waals surface area contributed by atoms with Crippen LogP contribution in [0.1, 0.15) is 30.9 Å². The number of hydrazine groups is 1. The van der Waals surface area contributed by atoms with Crippen LogP contribution in [0.5, 0.6) is 0 Å². The van der Waals surface area contributed by atoms with E-state index in [4.69, 9.17) is 0 Å². The third-order valence-corrected chi connectivity index (χ3v) is 3.88. The molecule has 1 amide bonds. The Bertz CT molecular complexity index is 896. The molecular formula is C20H20N4O. The summed E-state index contributed by atoms with van der Waals surface area (Å²) >= 11 is 0. The zero-order chi connectivity index (χ0) is 17.6. The molecule has 0 aliphatic carbocycles. The third kappa shape index (κ3) is 4.20. The largest absolute Gasteiger partial charge is 0.281 e. The normalized spacial score (nSPS) is 11.2. The highest BCUT2D eigenvalue weighted by atomic mass is 16.2. The fourth-order valence-corrected chi connectivity index (χ4v) is 2.43. The Hall–Kier alpha value is -3.21. The number of nitrogens with one attached hydrogen (secondary N) is 2. The van der Waals surface area contributed by atoms with Crippen LogP contribution in [-0.4, -0.2) is 15.9 Å². The first-order valence-corrected chi connectivity index (χ1v) is 8.17. The standard InChI is InChI=1S/C20H20N4O/c1-14(2)16-10-7-15(8-11-16)9-12-19(25)23-24-20-17-5-3-4-6-18(17)21-13-22-20/h3-14H,1-2H3,(H,23,25)(H,21,22,24)/b12-9+. The minimum Gasteiger partial charge on any atom is -0.281 e. The molecule has 2 aromatic carbocycles. The van der Waals surface area contributed by atoms with Gasteiger partial charge in [-0.15, -0.1) is 0 Å². The molecule has 0 spiro atoms. The fourth-order valence-electron chi connectivity index (χ4n) is 2.43. The quantitative estimate of drug-likeness (QED) is 0.549. The second kappa shape index (κ2) is 7.57. The van der Waals surface area contributed by atoms with Crippen LogP contribution in [0.3, 0.4) is 0 Å².